The van der Waals surface area contributed by atoms with Gasteiger partial charge in [-0.15, -0.1) is 0 Å². The van der Waals surface area contributed by atoms with E-state index in [1.54, 1.807) is 6.20 Å². The van der Waals surface area contributed by atoms with Gasteiger partial charge in [0.15, 0.2) is 0 Å². The summed E-state index contributed by atoms with van der Waals surface area (Å²) in [6.45, 7) is 0. The van der Waals surface area contributed by atoms with Crippen LogP contribution in [0.3, 0.4) is 0 Å². The molecule has 6 heteroatoms. The second-order valence-electron chi connectivity index (χ2n) is 5.22. The topological polar surface area (TPSA) is 72.5 Å². The van der Waals surface area contributed by atoms with Gasteiger partial charge in [-0.25, -0.2) is 4.98 Å². The predicted octanol–water partition coefficient (Wildman–Crippen LogP) is 2.74. The Morgan fingerprint density at radius 1 is 1.23 bits per heavy atom. The lowest BCUT2D eigenvalue weighted by Gasteiger charge is -1.93. The fraction of sp³-hybridized carbons (Fsp3) is 0.188. The van der Waals surface area contributed by atoms with Crippen molar-refractivity contribution in [1.29, 1.82) is 0 Å². The van der Waals surface area contributed by atoms with Gasteiger partial charge in [0.05, 0.1) is 0 Å². The van der Waals surface area contributed by atoms with Crippen molar-refractivity contribution in [3.63, 3.8) is 0 Å². The van der Waals surface area contributed by atoms with E-state index in [0.717, 1.165) is 28.7 Å². The average Bonchev–Trinajstić information content (AvgIpc) is 3.26. The fourth-order valence-electron chi connectivity index (χ4n) is 2.65. The molecule has 1 aromatic carbocycles. The lowest BCUT2D eigenvalue weighted by Crippen LogP contribution is -1.93. The molecular formula is C16H15N5O. The molecule has 0 unspecified atom stereocenters. The first-order valence-electron chi connectivity index (χ1n) is 7.16. The number of aryl methyl sites for hydroxylation is 3. The Kier molecular flexibility index (Phi) is 3.00. The van der Waals surface area contributed by atoms with Crippen LogP contribution in [0.4, 0.5) is 0 Å². The number of imidazole rings is 1. The minimum atomic E-state index is 0.624. The van der Waals surface area contributed by atoms with Crippen molar-refractivity contribution in [2.75, 3.05) is 0 Å². The Labute approximate surface area is 126 Å². The summed E-state index contributed by atoms with van der Waals surface area (Å²) in [6, 6.07) is 8.20. The number of hydrogen-bond donors (Lipinski definition) is 1. The Balaban J connectivity index is 1.62. The zero-order valence-electron chi connectivity index (χ0n) is 12.2. The van der Waals surface area contributed by atoms with Crippen LogP contribution in [0, 0.1) is 0 Å². The minimum Gasteiger partial charge on any atom is -0.350 e. The molecule has 0 aliphatic carbocycles. The molecule has 4 rings (SSSR count). The van der Waals surface area contributed by atoms with Crippen molar-refractivity contribution < 1.29 is 4.52 Å². The number of rotatable bonds is 4. The van der Waals surface area contributed by atoms with Crippen LogP contribution in [0.15, 0.2) is 47.4 Å². The van der Waals surface area contributed by atoms with Gasteiger partial charge in [-0.1, -0.05) is 23.4 Å². The van der Waals surface area contributed by atoms with Gasteiger partial charge in [-0.05, 0) is 6.07 Å². The molecule has 6 nitrogen and oxygen atoms in total. The zero-order chi connectivity index (χ0) is 14.9. The number of H-pyrrole nitrogens is 1. The maximum Gasteiger partial charge on any atom is 0.227 e. The van der Waals surface area contributed by atoms with E-state index in [1.165, 1.54) is 0 Å². The molecule has 3 heterocycles. The summed E-state index contributed by atoms with van der Waals surface area (Å²) in [4.78, 5) is 11.8. The first-order chi connectivity index (χ1) is 10.8. The summed E-state index contributed by atoms with van der Waals surface area (Å²) in [7, 11) is 2.02. The largest absolute Gasteiger partial charge is 0.350 e. The van der Waals surface area contributed by atoms with Gasteiger partial charge in [-0.2, -0.15) is 4.98 Å². The molecule has 1 N–H and O–H groups in total. The van der Waals surface area contributed by atoms with Crippen LogP contribution < -0.4 is 0 Å². The van der Waals surface area contributed by atoms with Gasteiger partial charge in [-0.3, -0.25) is 0 Å². The van der Waals surface area contributed by atoms with Crippen LogP contribution in [-0.4, -0.2) is 24.7 Å². The molecule has 0 amide bonds. The molecule has 3 aromatic heterocycles. The smallest absolute Gasteiger partial charge is 0.227 e. The number of nitrogens with zero attached hydrogens (tertiary/aromatic N) is 4. The van der Waals surface area contributed by atoms with Crippen molar-refractivity contribution in [3.05, 3.63) is 54.6 Å². The Hall–Kier alpha value is -2.89. The lowest BCUT2D eigenvalue weighted by molar-refractivity contribution is 0.378. The van der Waals surface area contributed by atoms with Crippen LogP contribution in [0.5, 0.6) is 0 Å². The summed E-state index contributed by atoms with van der Waals surface area (Å²) < 4.78 is 7.44. The molecule has 0 fully saturated rings. The van der Waals surface area contributed by atoms with Gasteiger partial charge >= 0.3 is 0 Å². The highest BCUT2D eigenvalue weighted by Crippen LogP contribution is 2.28. The van der Waals surface area contributed by atoms with Crippen LogP contribution in [-0.2, 0) is 19.9 Å². The van der Waals surface area contributed by atoms with Crippen molar-refractivity contribution in [2.24, 2.45) is 7.05 Å². The maximum absolute atomic E-state index is 5.36. The molecule has 22 heavy (non-hydrogen) atoms. The number of para-hydroxylation sites is 1. The summed E-state index contributed by atoms with van der Waals surface area (Å²) >= 11 is 0. The van der Waals surface area contributed by atoms with Crippen molar-refractivity contribution in [3.8, 4) is 11.4 Å². The second-order valence-corrected chi connectivity index (χ2v) is 5.22. The zero-order valence-corrected chi connectivity index (χ0v) is 12.2. The van der Waals surface area contributed by atoms with E-state index < -0.39 is 0 Å². The quantitative estimate of drug-likeness (QED) is 0.628. The van der Waals surface area contributed by atoms with Crippen LogP contribution in [0.25, 0.3) is 22.3 Å². The fourth-order valence-corrected chi connectivity index (χ4v) is 2.65. The van der Waals surface area contributed by atoms with Crippen LogP contribution in [0.1, 0.15) is 11.7 Å². The summed E-state index contributed by atoms with van der Waals surface area (Å²) in [6.07, 6.45) is 7.01. The molecule has 0 atom stereocenters. The predicted molar refractivity (Wildman–Crippen MR) is 82.2 cm³/mol. The van der Waals surface area contributed by atoms with E-state index in [4.69, 9.17) is 4.52 Å². The molecule has 0 radical (unpaired) electrons. The van der Waals surface area contributed by atoms with Gasteiger partial charge in [0.1, 0.15) is 5.82 Å². The highest BCUT2D eigenvalue weighted by Gasteiger charge is 2.14. The number of aromatic nitrogens is 5. The third-order valence-corrected chi connectivity index (χ3v) is 3.74. The Bertz CT molecular complexity index is 904. The normalized spacial score (nSPS) is 11.3. The SMILES string of the molecule is Cn1cc(-c2noc(CCc3ncc[nH]3)n2)c2ccccc21. The second kappa shape index (κ2) is 5.14. The molecule has 0 aliphatic rings. The maximum atomic E-state index is 5.36. The molecule has 0 bridgehead atoms. The molecular weight excluding hydrogens is 278 g/mol. The average molecular weight is 293 g/mol. The third-order valence-electron chi connectivity index (χ3n) is 3.74. The number of nitrogens with one attached hydrogen (secondary N) is 1. The molecule has 0 aliphatic heterocycles. The molecule has 110 valence electrons. The first kappa shape index (κ1) is 12.8. The monoisotopic (exact) mass is 293 g/mol. The number of aromatic amines is 1. The summed E-state index contributed by atoms with van der Waals surface area (Å²) in [5.41, 5.74) is 2.14. The van der Waals surface area contributed by atoms with Gasteiger partial charge in [0.25, 0.3) is 0 Å². The van der Waals surface area contributed by atoms with Gasteiger partial charge < -0.3 is 14.1 Å². The number of hydrogen-bond acceptors (Lipinski definition) is 4. The van der Waals surface area contributed by atoms with Crippen LogP contribution in [0.2, 0.25) is 0 Å². The third kappa shape index (κ3) is 2.18. The van der Waals surface area contributed by atoms with E-state index in [-0.39, 0.29) is 0 Å². The van der Waals surface area contributed by atoms with E-state index in [1.807, 2.05) is 31.6 Å². The number of benzene rings is 1. The highest BCUT2D eigenvalue weighted by atomic mass is 16.5. The van der Waals surface area contributed by atoms with Gasteiger partial charge in [0.2, 0.25) is 11.7 Å². The van der Waals surface area contributed by atoms with Crippen molar-refractivity contribution in [1.82, 2.24) is 24.7 Å². The molecule has 0 spiro atoms. The lowest BCUT2D eigenvalue weighted by atomic mass is 10.2. The van der Waals surface area contributed by atoms with Crippen LogP contribution >= 0.6 is 0 Å². The number of fused-ring (bicyclic) bond motifs is 1. The Morgan fingerprint density at radius 2 is 2.14 bits per heavy atom. The standard InChI is InChI=1S/C16H15N5O/c1-21-10-12(11-4-2-3-5-13(11)21)16-19-15(22-20-16)7-6-14-17-8-9-18-14/h2-5,8-10H,6-7H2,1H3,(H,17,18). The van der Waals surface area contributed by atoms with E-state index in [9.17, 15) is 0 Å². The van der Waals surface area contributed by atoms with Gasteiger partial charge in [0, 0.05) is 54.9 Å². The summed E-state index contributed by atoms with van der Waals surface area (Å²) in [5, 5.41) is 5.25. The molecule has 4 aromatic rings. The van der Waals surface area contributed by atoms with Crippen molar-refractivity contribution >= 4 is 10.9 Å². The summed E-state index contributed by atoms with van der Waals surface area (Å²) in [5.74, 6) is 2.18. The van der Waals surface area contributed by atoms with E-state index >= 15 is 0 Å². The first-order valence-corrected chi connectivity index (χ1v) is 7.16. The highest BCUT2D eigenvalue weighted by molar-refractivity contribution is 5.94. The van der Waals surface area contributed by atoms with E-state index in [2.05, 4.69) is 36.8 Å². The van der Waals surface area contributed by atoms with Crippen molar-refractivity contribution in [2.45, 2.75) is 12.8 Å². The van der Waals surface area contributed by atoms with E-state index in [0.29, 0.717) is 18.1 Å². The molecule has 0 saturated heterocycles. The molecule has 0 saturated carbocycles. The minimum absolute atomic E-state index is 0.624. The Morgan fingerprint density at radius 3 is 3.00 bits per heavy atom.